The Kier molecular flexibility index (Phi) is 3.36. The molecule has 1 aliphatic heterocycles. The fourth-order valence-electron chi connectivity index (χ4n) is 1.89. The molecule has 96 valence electrons. The summed E-state index contributed by atoms with van der Waals surface area (Å²) >= 11 is 0. The summed E-state index contributed by atoms with van der Waals surface area (Å²) in [6.45, 7) is 5.25. The lowest BCUT2D eigenvalue weighted by Gasteiger charge is -2.16. The van der Waals surface area contributed by atoms with Gasteiger partial charge in [0.1, 0.15) is 5.78 Å². The van der Waals surface area contributed by atoms with Gasteiger partial charge in [-0.05, 0) is 25.1 Å². The molecule has 0 spiro atoms. The average Bonchev–Trinajstić information content (AvgIpc) is 2.82. The Bertz CT molecular complexity index is 493. The number of hydrogen-bond acceptors (Lipinski definition) is 4. The molecule has 0 saturated carbocycles. The van der Waals surface area contributed by atoms with Crippen LogP contribution in [0.2, 0.25) is 0 Å². The van der Waals surface area contributed by atoms with Crippen LogP contribution in [0.5, 0.6) is 11.5 Å². The van der Waals surface area contributed by atoms with E-state index in [2.05, 4.69) is 0 Å². The lowest BCUT2D eigenvalue weighted by molar-refractivity contribution is -0.121. The van der Waals surface area contributed by atoms with Crippen LogP contribution >= 0.6 is 0 Å². The average molecular weight is 248 g/mol. The van der Waals surface area contributed by atoms with Crippen molar-refractivity contribution in [2.45, 2.75) is 20.8 Å². The molecule has 0 fully saturated rings. The zero-order chi connectivity index (χ0) is 13.3. The first-order chi connectivity index (χ1) is 8.50. The van der Waals surface area contributed by atoms with Crippen molar-refractivity contribution in [3.63, 3.8) is 0 Å². The van der Waals surface area contributed by atoms with Crippen LogP contribution in [0, 0.1) is 11.8 Å². The molecular formula is C14H16O4. The molecule has 0 unspecified atom stereocenters. The van der Waals surface area contributed by atoms with E-state index in [0.717, 1.165) is 0 Å². The molecule has 0 amide bonds. The molecule has 0 N–H and O–H groups in total. The smallest absolute Gasteiger partial charge is 0.231 e. The van der Waals surface area contributed by atoms with Gasteiger partial charge in [0, 0.05) is 17.4 Å². The molecule has 1 aromatic carbocycles. The van der Waals surface area contributed by atoms with Gasteiger partial charge >= 0.3 is 0 Å². The van der Waals surface area contributed by atoms with Gasteiger partial charge in [-0.2, -0.15) is 0 Å². The maximum atomic E-state index is 12.2. The van der Waals surface area contributed by atoms with E-state index >= 15 is 0 Å². The highest BCUT2D eigenvalue weighted by Gasteiger charge is 2.26. The highest BCUT2D eigenvalue weighted by molar-refractivity contribution is 6.00. The van der Waals surface area contributed by atoms with Gasteiger partial charge in [0.25, 0.3) is 0 Å². The molecule has 0 radical (unpaired) electrons. The fraction of sp³-hybridized carbons (Fsp3) is 0.429. The second-order valence-corrected chi connectivity index (χ2v) is 4.62. The number of carbonyl (C=O) groups excluding carboxylic acids is 2. The summed E-state index contributed by atoms with van der Waals surface area (Å²) in [5, 5.41) is 0. The summed E-state index contributed by atoms with van der Waals surface area (Å²) in [7, 11) is 0. The number of rotatable bonds is 4. The van der Waals surface area contributed by atoms with Gasteiger partial charge in [-0.25, -0.2) is 0 Å². The number of Topliss-reactive ketones (excluding diaryl/α,β-unsaturated/α-hetero) is 2. The Morgan fingerprint density at radius 2 is 1.78 bits per heavy atom. The number of carbonyl (C=O) groups is 2. The van der Waals surface area contributed by atoms with E-state index in [1.165, 1.54) is 6.92 Å². The number of ether oxygens (including phenoxy) is 2. The van der Waals surface area contributed by atoms with Gasteiger partial charge in [0.05, 0.1) is 0 Å². The predicted octanol–water partition coefficient (Wildman–Crippen LogP) is 2.46. The molecule has 0 bridgehead atoms. The van der Waals surface area contributed by atoms with E-state index < -0.39 is 0 Å². The number of ketones is 2. The van der Waals surface area contributed by atoms with Crippen LogP contribution in [0.15, 0.2) is 18.2 Å². The lowest BCUT2D eigenvalue weighted by Crippen LogP contribution is -2.24. The summed E-state index contributed by atoms with van der Waals surface area (Å²) < 4.78 is 10.4. The van der Waals surface area contributed by atoms with Crippen molar-refractivity contribution in [2.24, 2.45) is 11.8 Å². The molecule has 18 heavy (non-hydrogen) atoms. The van der Waals surface area contributed by atoms with Crippen LogP contribution in [0.4, 0.5) is 0 Å². The first kappa shape index (κ1) is 12.6. The van der Waals surface area contributed by atoms with Gasteiger partial charge in [-0.15, -0.1) is 0 Å². The van der Waals surface area contributed by atoms with Gasteiger partial charge in [0.2, 0.25) is 6.79 Å². The van der Waals surface area contributed by atoms with Crippen molar-refractivity contribution in [2.75, 3.05) is 6.79 Å². The molecule has 4 heteroatoms. The van der Waals surface area contributed by atoms with Gasteiger partial charge in [0.15, 0.2) is 17.3 Å². The van der Waals surface area contributed by atoms with Gasteiger partial charge in [-0.3, -0.25) is 9.59 Å². The summed E-state index contributed by atoms with van der Waals surface area (Å²) in [5.74, 6) is 0.612. The molecule has 1 aliphatic rings. The van der Waals surface area contributed by atoms with Crippen molar-refractivity contribution >= 4 is 11.6 Å². The Labute approximate surface area is 106 Å². The summed E-state index contributed by atoms with van der Waals surface area (Å²) in [6, 6.07) is 5.11. The van der Waals surface area contributed by atoms with Crippen molar-refractivity contribution in [3.8, 4) is 11.5 Å². The largest absolute Gasteiger partial charge is 0.454 e. The van der Waals surface area contributed by atoms with E-state index in [1.54, 1.807) is 32.0 Å². The van der Waals surface area contributed by atoms with E-state index in [1.807, 2.05) is 0 Å². The minimum absolute atomic E-state index is 0.0246. The molecule has 0 aromatic heterocycles. The van der Waals surface area contributed by atoms with Gasteiger partial charge < -0.3 is 9.47 Å². The lowest BCUT2D eigenvalue weighted by atomic mass is 9.86. The Morgan fingerprint density at radius 3 is 2.44 bits per heavy atom. The highest BCUT2D eigenvalue weighted by atomic mass is 16.7. The molecule has 0 aliphatic carbocycles. The first-order valence-corrected chi connectivity index (χ1v) is 5.95. The zero-order valence-electron chi connectivity index (χ0n) is 10.7. The Morgan fingerprint density at radius 1 is 1.11 bits per heavy atom. The molecule has 1 heterocycles. The van der Waals surface area contributed by atoms with Crippen molar-refractivity contribution < 1.29 is 19.1 Å². The Hall–Kier alpha value is -1.84. The third kappa shape index (κ3) is 2.23. The van der Waals surface area contributed by atoms with Crippen molar-refractivity contribution in [3.05, 3.63) is 23.8 Å². The monoisotopic (exact) mass is 248 g/mol. The number of benzene rings is 1. The standard InChI is InChI=1S/C14H16O4/c1-8(10(3)15)9(2)14(16)11-4-5-12-13(6-11)18-7-17-12/h4-6,8-9H,7H2,1-3H3/t8-,9-/m1/s1. The number of hydrogen-bond donors (Lipinski definition) is 0. The van der Waals surface area contributed by atoms with Crippen LogP contribution < -0.4 is 9.47 Å². The summed E-state index contributed by atoms with van der Waals surface area (Å²) in [4.78, 5) is 23.6. The predicted molar refractivity (Wildman–Crippen MR) is 65.9 cm³/mol. The van der Waals surface area contributed by atoms with E-state index in [4.69, 9.17) is 9.47 Å². The highest BCUT2D eigenvalue weighted by Crippen LogP contribution is 2.33. The van der Waals surface area contributed by atoms with Crippen LogP contribution in [-0.4, -0.2) is 18.4 Å². The second-order valence-electron chi connectivity index (χ2n) is 4.62. The fourth-order valence-corrected chi connectivity index (χ4v) is 1.89. The maximum Gasteiger partial charge on any atom is 0.231 e. The molecule has 4 nitrogen and oxygen atoms in total. The summed E-state index contributed by atoms with van der Waals surface area (Å²) in [5.41, 5.74) is 0.555. The van der Waals surface area contributed by atoms with Crippen molar-refractivity contribution in [1.82, 2.24) is 0 Å². The van der Waals surface area contributed by atoms with Gasteiger partial charge in [-0.1, -0.05) is 13.8 Å². The van der Waals surface area contributed by atoms with E-state index in [9.17, 15) is 9.59 Å². The maximum absolute atomic E-state index is 12.2. The van der Waals surface area contributed by atoms with E-state index in [-0.39, 0.29) is 30.2 Å². The van der Waals surface area contributed by atoms with Crippen LogP contribution in [0.3, 0.4) is 0 Å². The first-order valence-electron chi connectivity index (χ1n) is 5.95. The third-order valence-corrected chi connectivity index (χ3v) is 3.46. The minimum atomic E-state index is -0.331. The SMILES string of the molecule is CC(=O)[C@H](C)[C@@H](C)C(=O)c1ccc2c(c1)OCO2. The molecule has 1 aromatic rings. The molecule has 2 atom stereocenters. The minimum Gasteiger partial charge on any atom is -0.454 e. The van der Waals surface area contributed by atoms with Crippen LogP contribution in [0.1, 0.15) is 31.1 Å². The normalized spacial score (nSPS) is 16.2. The molecule has 2 rings (SSSR count). The topological polar surface area (TPSA) is 52.6 Å². The van der Waals surface area contributed by atoms with Crippen molar-refractivity contribution in [1.29, 1.82) is 0 Å². The van der Waals surface area contributed by atoms with Crippen LogP contribution in [0.25, 0.3) is 0 Å². The zero-order valence-corrected chi connectivity index (χ0v) is 10.7. The third-order valence-electron chi connectivity index (χ3n) is 3.46. The number of fused-ring (bicyclic) bond motifs is 1. The Balaban J connectivity index is 2.21. The molecular weight excluding hydrogens is 232 g/mol. The second kappa shape index (κ2) is 4.80. The van der Waals surface area contributed by atoms with E-state index in [0.29, 0.717) is 17.1 Å². The van der Waals surface area contributed by atoms with Crippen LogP contribution in [-0.2, 0) is 4.79 Å². The quantitative estimate of drug-likeness (QED) is 0.768. The molecule has 0 saturated heterocycles. The summed E-state index contributed by atoms with van der Waals surface area (Å²) in [6.07, 6.45) is 0.